The Bertz CT molecular complexity index is 517. The van der Waals surface area contributed by atoms with E-state index in [1.807, 2.05) is 19.1 Å². The van der Waals surface area contributed by atoms with E-state index in [2.05, 4.69) is 20.3 Å². The summed E-state index contributed by atoms with van der Waals surface area (Å²) in [6.07, 6.45) is 3.09. The van der Waals surface area contributed by atoms with Crippen molar-refractivity contribution in [2.24, 2.45) is 0 Å². The molecule has 2 aromatic rings. The molecule has 0 radical (unpaired) electrons. The lowest BCUT2D eigenvalue weighted by atomic mass is 10.1. The van der Waals surface area contributed by atoms with Gasteiger partial charge < -0.3 is 9.26 Å². The van der Waals surface area contributed by atoms with Crippen molar-refractivity contribution >= 4 is 0 Å². The van der Waals surface area contributed by atoms with Gasteiger partial charge in [-0.25, -0.2) is 0 Å². The smallest absolute Gasteiger partial charge is 0.256 e. The van der Waals surface area contributed by atoms with Gasteiger partial charge in [-0.05, 0) is 38.3 Å². The van der Waals surface area contributed by atoms with E-state index in [4.69, 9.17) is 9.26 Å². The Balaban J connectivity index is 1.82. The molecule has 0 aromatic carbocycles. The van der Waals surface area contributed by atoms with E-state index in [-0.39, 0.29) is 6.10 Å². The van der Waals surface area contributed by atoms with Crippen LogP contribution in [-0.2, 0) is 4.74 Å². The molecule has 0 aliphatic carbocycles. The van der Waals surface area contributed by atoms with Crippen molar-refractivity contribution in [3.8, 4) is 11.5 Å². The van der Waals surface area contributed by atoms with Crippen molar-refractivity contribution in [3.63, 3.8) is 0 Å². The van der Waals surface area contributed by atoms with Gasteiger partial charge in [-0.3, -0.25) is 0 Å². The number of nitrogens with zero attached hydrogens (tertiary/aromatic N) is 4. The normalized spacial score (nSPS) is 19.9. The molecule has 18 heavy (non-hydrogen) atoms. The third kappa shape index (κ3) is 2.24. The number of aryl methyl sites for hydroxylation is 1. The maximum Gasteiger partial charge on any atom is 0.256 e. The molecule has 0 N–H and O–H groups in total. The summed E-state index contributed by atoms with van der Waals surface area (Å²) < 4.78 is 10.8. The SMILES string of the molecule is Cc1ccc(-c2noc([C@H]3CCCCO3)n2)nn1. The standard InChI is InChI=1S/C12H14N4O2/c1-8-5-6-9(15-14-8)11-13-12(18-16-11)10-4-2-3-7-17-10/h5-6,10H,2-4,7H2,1H3/t10-/m1/s1. The molecule has 1 fully saturated rings. The molecule has 2 aromatic heterocycles. The van der Waals surface area contributed by atoms with Crippen molar-refractivity contribution < 1.29 is 9.26 Å². The summed E-state index contributed by atoms with van der Waals surface area (Å²) in [5.74, 6) is 0.999. The van der Waals surface area contributed by atoms with Gasteiger partial charge in [-0.15, -0.1) is 5.10 Å². The lowest BCUT2D eigenvalue weighted by molar-refractivity contribution is -0.00459. The lowest BCUT2D eigenvalue weighted by Gasteiger charge is -2.18. The molecular weight excluding hydrogens is 232 g/mol. The summed E-state index contributed by atoms with van der Waals surface area (Å²) in [4.78, 5) is 4.33. The highest BCUT2D eigenvalue weighted by Gasteiger charge is 2.23. The van der Waals surface area contributed by atoms with Crippen LogP contribution in [0.5, 0.6) is 0 Å². The number of aromatic nitrogens is 4. The highest BCUT2D eigenvalue weighted by Crippen LogP contribution is 2.27. The van der Waals surface area contributed by atoms with Crippen LogP contribution in [0.15, 0.2) is 16.7 Å². The van der Waals surface area contributed by atoms with Gasteiger partial charge in [0.1, 0.15) is 11.8 Å². The van der Waals surface area contributed by atoms with E-state index < -0.39 is 0 Å². The van der Waals surface area contributed by atoms with Gasteiger partial charge in [0.15, 0.2) is 0 Å². The summed E-state index contributed by atoms with van der Waals surface area (Å²) in [7, 11) is 0. The Kier molecular flexibility index (Phi) is 3.02. The average Bonchev–Trinajstić information content (AvgIpc) is 2.90. The number of ether oxygens (including phenoxy) is 1. The van der Waals surface area contributed by atoms with Crippen molar-refractivity contribution in [2.75, 3.05) is 6.61 Å². The molecule has 0 unspecified atom stereocenters. The molecule has 1 aliphatic heterocycles. The van der Waals surface area contributed by atoms with E-state index in [0.29, 0.717) is 17.4 Å². The van der Waals surface area contributed by atoms with E-state index in [0.717, 1.165) is 31.6 Å². The quantitative estimate of drug-likeness (QED) is 0.807. The molecule has 3 heterocycles. The van der Waals surface area contributed by atoms with Crippen LogP contribution < -0.4 is 0 Å². The summed E-state index contributed by atoms with van der Waals surface area (Å²) in [6, 6.07) is 3.70. The zero-order chi connectivity index (χ0) is 12.4. The summed E-state index contributed by atoms with van der Waals surface area (Å²) in [6.45, 7) is 2.64. The van der Waals surface area contributed by atoms with E-state index in [9.17, 15) is 0 Å². The Morgan fingerprint density at radius 1 is 1.22 bits per heavy atom. The highest BCUT2D eigenvalue weighted by molar-refractivity contribution is 5.46. The second-order valence-electron chi connectivity index (χ2n) is 4.37. The highest BCUT2D eigenvalue weighted by atomic mass is 16.5. The Hall–Kier alpha value is -1.82. The van der Waals surface area contributed by atoms with E-state index in [1.54, 1.807) is 0 Å². The maximum atomic E-state index is 5.60. The van der Waals surface area contributed by atoms with Gasteiger partial charge >= 0.3 is 0 Å². The molecule has 0 bridgehead atoms. The zero-order valence-corrected chi connectivity index (χ0v) is 10.2. The lowest BCUT2D eigenvalue weighted by Crippen LogP contribution is -2.11. The molecule has 1 atom stereocenters. The number of rotatable bonds is 2. The third-order valence-corrected chi connectivity index (χ3v) is 2.92. The topological polar surface area (TPSA) is 73.9 Å². The zero-order valence-electron chi connectivity index (χ0n) is 10.2. The van der Waals surface area contributed by atoms with Crippen LogP contribution in [0.4, 0.5) is 0 Å². The third-order valence-electron chi connectivity index (χ3n) is 2.92. The second kappa shape index (κ2) is 4.81. The predicted octanol–water partition coefficient (Wildman–Crippen LogP) is 2.08. The van der Waals surface area contributed by atoms with Crippen LogP contribution in [0.3, 0.4) is 0 Å². The fourth-order valence-electron chi connectivity index (χ4n) is 1.92. The predicted molar refractivity (Wildman–Crippen MR) is 62.6 cm³/mol. The van der Waals surface area contributed by atoms with Gasteiger partial charge in [0.05, 0.1) is 5.69 Å². The minimum atomic E-state index is -0.0709. The molecule has 6 nitrogen and oxygen atoms in total. The first-order chi connectivity index (χ1) is 8.83. The van der Waals surface area contributed by atoms with E-state index in [1.165, 1.54) is 0 Å². The summed E-state index contributed by atoms with van der Waals surface area (Å²) in [5.41, 5.74) is 1.48. The molecule has 3 rings (SSSR count). The molecule has 6 heteroatoms. The van der Waals surface area contributed by atoms with Gasteiger partial charge in [-0.1, -0.05) is 5.16 Å². The van der Waals surface area contributed by atoms with Gasteiger partial charge in [-0.2, -0.15) is 10.1 Å². The maximum absolute atomic E-state index is 5.60. The van der Waals surface area contributed by atoms with Crippen LogP contribution in [0.1, 0.15) is 37.0 Å². The Labute approximate surface area is 104 Å². The van der Waals surface area contributed by atoms with Crippen molar-refractivity contribution in [1.82, 2.24) is 20.3 Å². The van der Waals surface area contributed by atoms with Crippen LogP contribution in [0.2, 0.25) is 0 Å². The molecule has 1 aliphatic rings. The molecule has 0 saturated carbocycles. The fourth-order valence-corrected chi connectivity index (χ4v) is 1.92. The molecule has 1 saturated heterocycles. The first-order valence-electron chi connectivity index (χ1n) is 6.09. The molecular formula is C12H14N4O2. The Morgan fingerprint density at radius 3 is 2.89 bits per heavy atom. The van der Waals surface area contributed by atoms with Crippen LogP contribution >= 0.6 is 0 Å². The minimum Gasteiger partial charge on any atom is -0.368 e. The first kappa shape index (κ1) is 11.3. The average molecular weight is 246 g/mol. The van der Waals surface area contributed by atoms with Crippen molar-refractivity contribution in [3.05, 3.63) is 23.7 Å². The molecule has 94 valence electrons. The largest absolute Gasteiger partial charge is 0.368 e. The first-order valence-corrected chi connectivity index (χ1v) is 6.09. The second-order valence-corrected chi connectivity index (χ2v) is 4.37. The summed E-state index contributed by atoms with van der Waals surface area (Å²) in [5, 5.41) is 11.9. The molecule has 0 spiro atoms. The van der Waals surface area contributed by atoms with Crippen LogP contribution in [0, 0.1) is 6.92 Å². The molecule has 0 amide bonds. The van der Waals surface area contributed by atoms with Crippen LogP contribution in [0.25, 0.3) is 11.5 Å². The number of hydrogen-bond donors (Lipinski definition) is 0. The fraction of sp³-hybridized carbons (Fsp3) is 0.500. The van der Waals surface area contributed by atoms with E-state index >= 15 is 0 Å². The Morgan fingerprint density at radius 2 is 2.17 bits per heavy atom. The monoisotopic (exact) mass is 246 g/mol. The van der Waals surface area contributed by atoms with Gasteiger partial charge in [0.25, 0.3) is 5.89 Å². The minimum absolute atomic E-state index is 0.0709. The van der Waals surface area contributed by atoms with Gasteiger partial charge in [0.2, 0.25) is 5.82 Å². The summed E-state index contributed by atoms with van der Waals surface area (Å²) >= 11 is 0. The number of hydrogen-bond acceptors (Lipinski definition) is 6. The van der Waals surface area contributed by atoms with Crippen molar-refractivity contribution in [1.29, 1.82) is 0 Å². The van der Waals surface area contributed by atoms with Gasteiger partial charge in [0, 0.05) is 6.61 Å². The van der Waals surface area contributed by atoms with Crippen LogP contribution in [-0.4, -0.2) is 26.9 Å². The van der Waals surface area contributed by atoms with Crippen molar-refractivity contribution in [2.45, 2.75) is 32.3 Å².